The van der Waals surface area contributed by atoms with Crippen molar-refractivity contribution in [2.75, 3.05) is 4.90 Å². The molecule has 2 aromatic carbocycles. The first-order chi connectivity index (χ1) is 9.61. The van der Waals surface area contributed by atoms with Crippen LogP contribution in [0.1, 0.15) is 33.3 Å². The molecule has 1 amide bonds. The summed E-state index contributed by atoms with van der Waals surface area (Å²) >= 11 is 0. The van der Waals surface area contributed by atoms with Crippen molar-refractivity contribution in [3.63, 3.8) is 0 Å². The molecule has 1 aliphatic rings. The second kappa shape index (κ2) is 4.52. The van der Waals surface area contributed by atoms with Gasteiger partial charge in [0.1, 0.15) is 0 Å². The molecule has 0 fully saturated rings. The standard InChI is InChI=1S/C17H13NO2/c1-3-12-8-11(2)9-13(10-12)18-16(19)14-6-4-5-7-15(14)17(18)20/h1,4-10,16,19H,2H3. The zero-order valence-corrected chi connectivity index (χ0v) is 11.0. The summed E-state index contributed by atoms with van der Waals surface area (Å²) in [4.78, 5) is 13.8. The van der Waals surface area contributed by atoms with E-state index >= 15 is 0 Å². The fourth-order valence-electron chi connectivity index (χ4n) is 2.54. The van der Waals surface area contributed by atoms with Gasteiger partial charge in [-0.25, -0.2) is 0 Å². The SMILES string of the molecule is C#Cc1cc(C)cc(N2C(=O)c3ccccc3C2O)c1. The smallest absolute Gasteiger partial charge is 0.261 e. The maximum atomic E-state index is 12.4. The number of carbonyl (C=O) groups excluding carboxylic acids is 1. The van der Waals surface area contributed by atoms with Crippen LogP contribution in [-0.2, 0) is 0 Å². The van der Waals surface area contributed by atoms with Gasteiger partial charge in [-0.15, -0.1) is 6.42 Å². The Hall–Kier alpha value is -2.57. The number of aryl methyl sites for hydroxylation is 1. The summed E-state index contributed by atoms with van der Waals surface area (Å²) in [6, 6.07) is 12.5. The van der Waals surface area contributed by atoms with Gasteiger partial charge in [-0.3, -0.25) is 9.69 Å². The molecule has 0 radical (unpaired) electrons. The van der Waals surface area contributed by atoms with Crippen molar-refractivity contribution in [2.24, 2.45) is 0 Å². The number of carbonyl (C=O) groups is 1. The highest BCUT2D eigenvalue weighted by Crippen LogP contribution is 2.36. The molecule has 20 heavy (non-hydrogen) atoms. The van der Waals surface area contributed by atoms with Crippen molar-refractivity contribution in [3.8, 4) is 12.3 Å². The zero-order valence-electron chi connectivity index (χ0n) is 11.0. The molecule has 0 spiro atoms. The third-order valence-corrected chi connectivity index (χ3v) is 3.44. The molecule has 0 saturated heterocycles. The minimum absolute atomic E-state index is 0.207. The number of terminal acetylenes is 1. The largest absolute Gasteiger partial charge is 0.369 e. The topological polar surface area (TPSA) is 40.5 Å². The van der Waals surface area contributed by atoms with Crippen molar-refractivity contribution in [2.45, 2.75) is 13.2 Å². The number of aliphatic hydroxyl groups is 1. The van der Waals surface area contributed by atoms with Crippen LogP contribution < -0.4 is 4.90 Å². The molecule has 0 aromatic heterocycles. The van der Waals surface area contributed by atoms with Gasteiger partial charge in [0.25, 0.3) is 5.91 Å². The summed E-state index contributed by atoms with van der Waals surface area (Å²) in [7, 11) is 0. The predicted molar refractivity (Wildman–Crippen MR) is 77.3 cm³/mol. The summed E-state index contributed by atoms with van der Waals surface area (Å²) in [5.41, 5.74) is 3.42. The van der Waals surface area contributed by atoms with Crippen LogP contribution in [0.25, 0.3) is 0 Å². The third kappa shape index (κ3) is 1.78. The number of hydrogen-bond acceptors (Lipinski definition) is 2. The van der Waals surface area contributed by atoms with Gasteiger partial charge in [-0.2, -0.15) is 0 Å². The normalized spacial score (nSPS) is 16.9. The molecule has 1 N–H and O–H groups in total. The van der Waals surface area contributed by atoms with E-state index in [2.05, 4.69) is 5.92 Å². The Labute approximate surface area is 117 Å². The van der Waals surface area contributed by atoms with Crippen LogP contribution in [0.15, 0.2) is 42.5 Å². The summed E-state index contributed by atoms with van der Waals surface area (Å²) in [6.45, 7) is 1.91. The molecule has 0 bridgehead atoms. The fourth-order valence-corrected chi connectivity index (χ4v) is 2.54. The van der Waals surface area contributed by atoms with E-state index in [4.69, 9.17) is 6.42 Å². The number of benzene rings is 2. The summed E-state index contributed by atoms with van der Waals surface area (Å²) in [6.07, 6.45) is 4.46. The Morgan fingerprint density at radius 3 is 2.70 bits per heavy atom. The predicted octanol–water partition coefficient (Wildman–Crippen LogP) is 2.63. The van der Waals surface area contributed by atoms with Crippen LogP contribution in [0, 0.1) is 19.3 Å². The molecule has 2 aromatic rings. The van der Waals surface area contributed by atoms with Crippen molar-refractivity contribution in [3.05, 3.63) is 64.7 Å². The molecular weight excluding hydrogens is 250 g/mol. The minimum atomic E-state index is -0.967. The number of anilines is 1. The third-order valence-electron chi connectivity index (χ3n) is 3.44. The van der Waals surface area contributed by atoms with Crippen molar-refractivity contribution in [1.82, 2.24) is 0 Å². The zero-order chi connectivity index (χ0) is 14.3. The number of fused-ring (bicyclic) bond motifs is 1. The molecule has 0 saturated carbocycles. The van der Waals surface area contributed by atoms with Crippen LogP contribution in [0.5, 0.6) is 0 Å². The molecule has 3 nitrogen and oxygen atoms in total. The first-order valence-electron chi connectivity index (χ1n) is 6.30. The number of rotatable bonds is 1. The highest BCUT2D eigenvalue weighted by atomic mass is 16.3. The average Bonchev–Trinajstić information content (AvgIpc) is 2.71. The minimum Gasteiger partial charge on any atom is -0.369 e. The van der Waals surface area contributed by atoms with E-state index in [1.165, 1.54) is 4.90 Å². The maximum Gasteiger partial charge on any atom is 0.261 e. The van der Waals surface area contributed by atoms with Crippen LogP contribution >= 0.6 is 0 Å². The van der Waals surface area contributed by atoms with E-state index in [9.17, 15) is 9.90 Å². The lowest BCUT2D eigenvalue weighted by Gasteiger charge is -2.21. The molecule has 1 unspecified atom stereocenters. The van der Waals surface area contributed by atoms with Crippen LogP contribution in [0.4, 0.5) is 5.69 Å². The van der Waals surface area contributed by atoms with Gasteiger partial charge in [0.15, 0.2) is 6.23 Å². The lowest BCUT2D eigenvalue weighted by atomic mass is 10.1. The molecular formula is C17H13NO2. The lowest BCUT2D eigenvalue weighted by molar-refractivity contribution is 0.0935. The lowest BCUT2D eigenvalue weighted by Crippen LogP contribution is -2.27. The number of amides is 1. The fraction of sp³-hybridized carbons (Fsp3) is 0.118. The summed E-state index contributed by atoms with van der Waals surface area (Å²) in [5, 5.41) is 10.4. The molecule has 3 rings (SSSR count). The molecule has 0 aliphatic carbocycles. The Morgan fingerprint density at radius 1 is 1.25 bits per heavy atom. The number of hydrogen-bond donors (Lipinski definition) is 1. The van der Waals surface area contributed by atoms with Gasteiger partial charge in [0.05, 0.1) is 0 Å². The Morgan fingerprint density at radius 2 is 2.00 bits per heavy atom. The van der Waals surface area contributed by atoms with E-state index < -0.39 is 6.23 Å². The average molecular weight is 263 g/mol. The van der Waals surface area contributed by atoms with Crippen molar-refractivity contribution < 1.29 is 9.90 Å². The van der Waals surface area contributed by atoms with E-state index in [0.29, 0.717) is 22.4 Å². The van der Waals surface area contributed by atoms with Crippen LogP contribution in [-0.4, -0.2) is 11.0 Å². The Kier molecular flexibility index (Phi) is 2.81. The first-order valence-corrected chi connectivity index (χ1v) is 6.30. The van der Waals surface area contributed by atoms with Crippen molar-refractivity contribution >= 4 is 11.6 Å². The van der Waals surface area contributed by atoms with Gasteiger partial charge in [0, 0.05) is 22.4 Å². The highest BCUT2D eigenvalue weighted by Gasteiger charge is 2.36. The second-order valence-electron chi connectivity index (χ2n) is 4.84. The van der Waals surface area contributed by atoms with E-state index in [1.807, 2.05) is 25.1 Å². The first kappa shape index (κ1) is 12.5. The molecule has 1 heterocycles. The van der Waals surface area contributed by atoms with Gasteiger partial charge in [-0.1, -0.05) is 24.1 Å². The Balaban J connectivity index is 2.12. The van der Waals surface area contributed by atoms with Crippen molar-refractivity contribution in [1.29, 1.82) is 0 Å². The number of aliphatic hydroxyl groups excluding tert-OH is 1. The van der Waals surface area contributed by atoms with Gasteiger partial charge in [0.2, 0.25) is 0 Å². The van der Waals surface area contributed by atoms with E-state index in [-0.39, 0.29) is 5.91 Å². The highest BCUT2D eigenvalue weighted by molar-refractivity contribution is 6.10. The number of nitrogens with zero attached hydrogens (tertiary/aromatic N) is 1. The van der Waals surface area contributed by atoms with Gasteiger partial charge in [-0.05, 0) is 36.8 Å². The van der Waals surface area contributed by atoms with Gasteiger partial charge >= 0.3 is 0 Å². The van der Waals surface area contributed by atoms with E-state index in [1.54, 1.807) is 24.3 Å². The van der Waals surface area contributed by atoms with Gasteiger partial charge < -0.3 is 5.11 Å². The maximum absolute atomic E-state index is 12.4. The summed E-state index contributed by atoms with van der Waals surface area (Å²) in [5.74, 6) is 2.36. The molecule has 98 valence electrons. The molecule has 3 heteroatoms. The van der Waals surface area contributed by atoms with Crippen LogP contribution in [0.2, 0.25) is 0 Å². The Bertz CT molecular complexity index is 743. The second-order valence-corrected chi connectivity index (χ2v) is 4.84. The summed E-state index contributed by atoms with van der Waals surface area (Å²) < 4.78 is 0. The monoisotopic (exact) mass is 263 g/mol. The quantitative estimate of drug-likeness (QED) is 0.803. The van der Waals surface area contributed by atoms with E-state index in [0.717, 1.165) is 5.56 Å². The molecule has 1 atom stereocenters. The molecule has 1 aliphatic heterocycles. The van der Waals surface area contributed by atoms with Crippen LogP contribution in [0.3, 0.4) is 0 Å².